The molecule has 0 amide bonds. The number of carbonyl (C=O) groups is 1. The smallest absolute Gasteiger partial charge is 0.337 e. The first kappa shape index (κ1) is 13.6. The third-order valence-electron chi connectivity index (χ3n) is 2.83. The lowest BCUT2D eigenvalue weighted by atomic mass is 9.93. The van der Waals surface area contributed by atoms with E-state index < -0.39 is 5.97 Å². The molecule has 0 atom stereocenters. The molecule has 2 rings (SSSR count). The van der Waals surface area contributed by atoms with Crippen molar-refractivity contribution in [3.8, 4) is 5.69 Å². The predicted octanol–water partition coefficient (Wildman–Crippen LogP) is 3.52. The first-order valence-corrected chi connectivity index (χ1v) is 6.24. The van der Waals surface area contributed by atoms with Gasteiger partial charge in [-0.15, -0.1) is 0 Å². The van der Waals surface area contributed by atoms with Crippen LogP contribution in [0, 0.1) is 0 Å². The van der Waals surface area contributed by atoms with Gasteiger partial charge >= 0.3 is 5.97 Å². The van der Waals surface area contributed by atoms with Gasteiger partial charge in [-0.25, -0.2) is 9.78 Å². The number of nitrogens with zero attached hydrogens (tertiary/aromatic N) is 2. The summed E-state index contributed by atoms with van der Waals surface area (Å²) in [5.74, 6) is -1.04. The highest BCUT2D eigenvalue weighted by Crippen LogP contribution is 2.23. The van der Waals surface area contributed by atoms with Gasteiger partial charge in [0.15, 0.2) is 0 Å². The molecule has 100 valence electrons. The second kappa shape index (κ2) is 4.70. The molecule has 1 aromatic heterocycles. The average molecular weight is 279 g/mol. The first-order chi connectivity index (χ1) is 8.79. The standard InChI is InChI=1S/C14H15ClN2O2/c1-14(2,3)12-7-17(8-16-12)9-4-5-11(15)10(6-9)13(18)19/h4-8H,1-3H3,(H,18,19). The van der Waals surface area contributed by atoms with Crippen LogP contribution in [0.3, 0.4) is 0 Å². The molecular weight excluding hydrogens is 264 g/mol. The summed E-state index contributed by atoms with van der Waals surface area (Å²) in [7, 11) is 0. The highest BCUT2D eigenvalue weighted by Gasteiger charge is 2.17. The molecule has 0 aliphatic carbocycles. The van der Waals surface area contributed by atoms with E-state index in [1.54, 1.807) is 29.1 Å². The average Bonchev–Trinajstić information content (AvgIpc) is 2.78. The SMILES string of the molecule is CC(C)(C)c1cn(-c2ccc(Cl)c(C(=O)O)c2)cn1. The van der Waals surface area contributed by atoms with E-state index in [0.717, 1.165) is 11.4 Å². The summed E-state index contributed by atoms with van der Waals surface area (Å²) in [5, 5.41) is 9.29. The van der Waals surface area contributed by atoms with Crippen molar-refractivity contribution in [1.82, 2.24) is 9.55 Å². The van der Waals surface area contributed by atoms with Gasteiger partial charge in [-0.3, -0.25) is 0 Å². The van der Waals surface area contributed by atoms with E-state index in [1.165, 1.54) is 0 Å². The van der Waals surface area contributed by atoms with Crippen LogP contribution in [0.15, 0.2) is 30.7 Å². The number of halogens is 1. The highest BCUT2D eigenvalue weighted by molar-refractivity contribution is 6.33. The fourth-order valence-corrected chi connectivity index (χ4v) is 1.89. The summed E-state index contributed by atoms with van der Waals surface area (Å²) in [6.07, 6.45) is 3.57. The van der Waals surface area contributed by atoms with Crippen molar-refractivity contribution in [3.05, 3.63) is 47.0 Å². The van der Waals surface area contributed by atoms with Gasteiger partial charge in [0.05, 0.1) is 22.6 Å². The van der Waals surface area contributed by atoms with E-state index in [9.17, 15) is 4.79 Å². The van der Waals surface area contributed by atoms with Crippen molar-refractivity contribution in [2.24, 2.45) is 0 Å². The maximum atomic E-state index is 11.1. The summed E-state index contributed by atoms with van der Waals surface area (Å²) in [6, 6.07) is 4.89. The van der Waals surface area contributed by atoms with Gasteiger partial charge in [0.1, 0.15) is 0 Å². The number of aromatic carboxylic acids is 1. The molecule has 0 aliphatic heterocycles. The Labute approximate surface area is 116 Å². The molecule has 1 N–H and O–H groups in total. The Kier molecular flexibility index (Phi) is 3.37. The third-order valence-corrected chi connectivity index (χ3v) is 3.16. The van der Waals surface area contributed by atoms with Crippen LogP contribution in [-0.2, 0) is 5.41 Å². The number of carboxylic acids is 1. The quantitative estimate of drug-likeness (QED) is 0.914. The normalized spacial score (nSPS) is 11.6. The molecule has 0 saturated heterocycles. The van der Waals surface area contributed by atoms with Crippen LogP contribution < -0.4 is 0 Å². The van der Waals surface area contributed by atoms with Gasteiger partial charge in [-0.1, -0.05) is 32.4 Å². The molecule has 0 radical (unpaired) electrons. The lowest BCUT2D eigenvalue weighted by Gasteiger charge is -2.14. The number of hydrogen-bond acceptors (Lipinski definition) is 2. The minimum absolute atomic E-state index is 0.0483. The van der Waals surface area contributed by atoms with Crippen LogP contribution in [-0.4, -0.2) is 20.6 Å². The van der Waals surface area contributed by atoms with E-state index in [0.29, 0.717) is 0 Å². The zero-order valence-electron chi connectivity index (χ0n) is 11.0. The summed E-state index contributed by atoms with van der Waals surface area (Å²) >= 11 is 5.85. The maximum absolute atomic E-state index is 11.1. The highest BCUT2D eigenvalue weighted by atomic mass is 35.5. The van der Waals surface area contributed by atoms with E-state index in [-0.39, 0.29) is 16.0 Å². The van der Waals surface area contributed by atoms with Crippen molar-refractivity contribution in [2.45, 2.75) is 26.2 Å². The number of carboxylic acid groups (broad SMARTS) is 1. The molecule has 5 heteroatoms. The van der Waals surface area contributed by atoms with Gasteiger partial charge in [-0.05, 0) is 18.2 Å². The maximum Gasteiger partial charge on any atom is 0.337 e. The van der Waals surface area contributed by atoms with Crippen molar-refractivity contribution in [3.63, 3.8) is 0 Å². The van der Waals surface area contributed by atoms with Crippen molar-refractivity contribution >= 4 is 17.6 Å². The summed E-state index contributed by atoms with van der Waals surface area (Å²) < 4.78 is 1.79. The molecule has 0 unspecified atom stereocenters. The fourth-order valence-electron chi connectivity index (χ4n) is 1.69. The van der Waals surface area contributed by atoms with Crippen LogP contribution in [0.25, 0.3) is 5.69 Å². The van der Waals surface area contributed by atoms with E-state index in [4.69, 9.17) is 16.7 Å². The lowest BCUT2D eigenvalue weighted by molar-refractivity contribution is 0.0697. The first-order valence-electron chi connectivity index (χ1n) is 5.87. The lowest BCUT2D eigenvalue weighted by Crippen LogP contribution is -2.11. The second-order valence-corrected chi connectivity index (χ2v) is 5.79. The Morgan fingerprint density at radius 2 is 2.05 bits per heavy atom. The molecule has 0 saturated carbocycles. The summed E-state index contributed by atoms with van der Waals surface area (Å²) in [5.41, 5.74) is 1.71. The topological polar surface area (TPSA) is 55.1 Å². The Morgan fingerprint density at radius 1 is 1.37 bits per heavy atom. The Morgan fingerprint density at radius 3 is 2.58 bits per heavy atom. The van der Waals surface area contributed by atoms with E-state index in [2.05, 4.69) is 25.8 Å². The molecular formula is C14H15ClN2O2. The number of rotatable bonds is 2. The monoisotopic (exact) mass is 278 g/mol. The van der Waals surface area contributed by atoms with Gasteiger partial charge < -0.3 is 9.67 Å². The van der Waals surface area contributed by atoms with Gasteiger partial charge in [-0.2, -0.15) is 0 Å². The number of aromatic nitrogens is 2. The molecule has 2 aromatic rings. The Balaban J connectivity index is 2.45. The Bertz CT molecular complexity index is 627. The second-order valence-electron chi connectivity index (χ2n) is 5.39. The minimum atomic E-state index is -1.04. The van der Waals surface area contributed by atoms with Crippen LogP contribution in [0.4, 0.5) is 0 Å². The molecule has 19 heavy (non-hydrogen) atoms. The predicted molar refractivity (Wildman–Crippen MR) is 74.2 cm³/mol. The summed E-state index contributed by atoms with van der Waals surface area (Å²) in [6.45, 7) is 6.22. The van der Waals surface area contributed by atoms with E-state index in [1.807, 2.05) is 6.20 Å². The Hall–Kier alpha value is -1.81. The largest absolute Gasteiger partial charge is 0.478 e. The van der Waals surface area contributed by atoms with Gasteiger partial charge in [0.25, 0.3) is 0 Å². The molecule has 4 nitrogen and oxygen atoms in total. The van der Waals surface area contributed by atoms with Crippen LogP contribution >= 0.6 is 11.6 Å². The van der Waals surface area contributed by atoms with E-state index >= 15 is 0 Å². The third kappa shape index (κ3) is 2.79. The number of hydrogen-bond donors (Lipinski definition) is 1. The molecule has 0 spiro atoms. The molecule has 1 aromatic carbocycles. The van der Waals surface area contributed by atoms with Gasteiger partial charge in [0.2, 0.25) is 0 Å². The number of imidazole rings is 1. The molecule has 0 bridgehead atoms. The van der Waals surface area contributed by atoms with Crippen molar-refractivity contribution in [2.75, 3.05) is 0 Å². The van der Waals surface area contributed by atoms with Crippen LogP contribution in [0.1, 0.15) is 36.8 Å². The zero-order chi connectivity index (χ0) is 14.2. The summed E-state index contributed by atoms with van der Waals surface area (Å²) in [4.78, 5) is 15.4. The van der Waals surface area contributed by atoms with Crippen LogP contribution in [0.5, 0.6) is 0 Å². The molecule has 1 heterocycles. The molecule has 0 fully saturated rings. The zero-order valence-corrected chi connectivity index (χ0v) is 11.8. The van der Waals surface area contributed by atoms with Crippen LogP contribution in [0.2, 0.25) is 5.02 Å². The minimum Gasteiger partial charge on any atom is -0.478 e. The fraction of sp³-hybridized carbons (Fsp3) is 0.286. The van der Waals surface area contributed by atoms with Crippen molar-refractivity contribution < 1.29 is 9.90 Å². The number of benzene rings is 1. The van der Waals surface area contributed by atoms with Gasteiger partial charge in [0, 0.05) is 17.3 Å². The molecule has 0 aliphatic rings. The van der Waals surface area contributed by atoms with Crippen molar-refractivity contribution in [1.29, 1.82) is 0 Å².